The molecule has 36 heavy (non-hydrogen) atoms. The van der Waals surface area contributed by atoms with Crippen molar-refractivity contribution >= 4 is 17.6 Å². The van der Waals surface area contributed by atoms with Crippen LogP contribution in [-0.2, 0) is 6.42 Å². The summed E-state index contributed by atoms with van der Waals surface area (Å²) in [5, 5.41) is 0. The number of aliphatic imine (C=N–C) groups is 1. The molecule has 2 aromatic rings. The van der Waals surface area contributed by atoms with Crippen LogP contribution in [0, 0.1) is 10.8 Å². The van der Waals surface area contributed by atoms with Crippen LogP contribution in [0.1, 0.15) is 88.8 Å². The van der Waals surface area contributed by atoms with E-state index in [0.717, 1.165) is 34.4 Å². The Morgan fingerprint density at radius 1 is 1.17 bits per heavy atom. The van der Waals surface area contributed by atoms with Crippen molar-refractivity contribution in [2.24, 2.45) is 21.6 Å². The molecule has 6 heteroatoms. The number of ketones is 1. The van der Waals surface area contributed by atoms with Crippen LogP contribution in [0.2, 0.25) is 0 Å². The SMILES string of the molecule is CCCC(=O)c1cn2c(cc1=O)-c1cc(OC)c(C(C=NCC(C)(C)C)=CN)cc1CC2C(C)(C)C. The summed E-state index contributed by atoms with van der Waals surface area (Å²) in [4.78, 5) is 30.3. The molecular formula is C30H41N3O3. The molecule has 2 heterocycles. The molecule has 0 saturated carbocycles. The van der Waals surface area contributed by atoms with Crippen molar-refractivity contribution < 1.29 is 9.53 Å². The second kappa shape index (κ2) is 10.5. The molecule has 0 aliphatic carbocycles. The molecule has 1 aromatic carbocycles. The summed E-state index contributed by atoms with van der Waals surface area (Å²) in [7, 11) is 1.63. The smallest absolute Gasteiger partial charge is 0.192 e. The van der Waals surface area contributed by atoms with Crippen molar-refractivity contribution in [2.45, 2.75) is 73.8 Å². The molecule has 6 nitrogen and oxygen atoms in total. The standard InChI is InChI=1S/C30H41N3O3/c1-9-10-25(34)23-17-33-24(14-26(23)35)21-13-27(36-8)22(11-19(21)12-28(33)30(5,6)7)20(15-31)16-32-18-29(2,3)4/h11,13-17,28H,9-10,12,18,31H2,1-8H3. The Kier molecular flexibility index (Phi) is 7.97. The molecule has 0 amide bonds. The van der Waals surface area contributed by atoms with E-state index in [1.165, 1.54) is 0 Å². The zero-order chi connectivity index (χ0) is 26.8. The number of rotatable bonds is 7. The maximum absolute atomic E-state index is 13.0. The normalized spacial score (nSPS) is 16.1. The second-order valence-corrected chi connectivity index (χ2v) is 12.0. The number of carbonyl (C=O) groups is 1. The number of methoxy groups -OCH3 is 1. The highest BCUT2D eigenvalue weighted by Gasteiger charge is 2.34. The number of hydrogen-bond donors (Lipinski definition) is 1. The topological polar surface area (TPSA) is 86.7 Å². The van der Waals surface area contributed by atoms with Crippen molar-refractivity contribution in [2.75, 3.05) is 13.7 Å². The van der Waals surface area contributed by atoms with Gasteiger partial charge in [0.15, 0.2) is 11.2 Å². The number of Topliss-reactive ketones (excluding diaryl/α,β-unsaturated/α-hetero) is 1. The van der Waals surface area contributed by atoms with Gasteiger partial charge in [0, 0.05) is 60.4 Å². The molecule has 1 aliphatic heterocycles. The minimum Gasteiger partial charge on any atom is -0.496 e. The van der Waals surface area contributed by atoms with Crippen LogP contribution < -0.4 is 15.9 Å². The predicted molar refractivity (Wildman–Crippen MR) is 149 cm³/mol. The minimum atomic E-state index is -0.236. The van der Waals surface area contributed by atoms with E-state index >= 15 is 0 Å². The Balaban J connectivity index is 2.21. The number of hydrogen-bond acceptors (Lipinski definition) is 5. The first-order chi connectivity index (χ1) is 16.8. The van der Waals surface area contributed by atoms with Crippen molar-refractivity contribution in [3.05, 3.63) is 57.5 Å². The van der Waals surface area contributed by atoms with E-state index in [1.807, 2.05) is 19.2 Å². The first-order valence-corrected chi connectivity index (χ1v) is 12.7. The maximum atomic E-state index is 13.0. The molecule has 3 rings (SSSR count). The summed E-state index contributed by atoms with van der Waals surface area (Å²) < 4.78 is 7.90. The molecule has 1 unspecified atom stereocenters. The van der Waals surface area contributed by atoms with Gasteiger partial charge in [-0.3, -0.25) is 14.6 Å². The van der Waals surface area contributed by atoms with E-state index in [4.69, 9.17) is 10.5 Å². The third-order valence-electron chi connectivity index (χ3n) is 6.59. The fourth-order valence-corrected chi connectivity index (χ4v) is 4.67. The van der Waals surface area contributed by atoms with Crippen LogP contribution in [0.15, 0.2) is 40.4 Å². The summed E-state index contributed by atoms with van der Waals surface area (Å²) in [5.74, 6) is 0.559. The summed E-state index contributed by atoms with van der Waals surface area (Å²) in [6.45, 7) is 15.6. The van der Waals surface area contributed by atoms with Gasteiger partial charge in [0.1, 0.15) is 5.75 Å². The lowest BCUT2D eigenvalue weighted by Gasteiger charge is -2.39. The number of benzene rings is 1. The molecule has 1 atom stereocenters. The maximum Gasteiger partial charge on any atom is 0.192 e. The largest absolute Gasteiger partial charge is 0.496 e. The Labute approximate surface area is 215 Å². The molecular weight excluding hydrogens is 450 g/mol. The van der Waals surface area contributed by atoms with Crippen LogP contribution >= 0.6 is 0 Å². The van der Waals surface area contributed by atoms with Gasteiger partial charge < -0.3 is 15.0 Å². The van der Waals surface area contributed by atoms with Gasteiger partial charge >= 0.3 is 0 Å². The molecule has 1 aliphatic rings. The van der Waals surface area contributed by atoms with Gasteiger partial charge in [-0.15, -0.1) is 0 Å². The summed E-state index contributed by atoms with van der Waals surface area (Å²) in [5.41, 5.74) is 10.5. The molecule has 0 bridgehead atoms. The first-order valence-electron chi connectivity index (χ1n) is 12.7. The first kappa shape index (κ1) is 27.4. The molecule has 0 saturated heterocycles. The zero-order valence-corrected chi connectivity index (χ0v) is 23.1. The zero-order valence-electron chi connectivity index (χ0n) is 23.1. The summed E-state index contributed by atoms with van der Waals surface area (Å²) in [6, 6.07) is 5.76. The number of nitrogens with zero attached hydrogens (tertiary/aromatic N) is 2. The number of pyridine rings is 1. The lowest BCUT2D eigenvalue weighted by molar-refractivity contribution is 0.0979. The molecule has 0 radical (unpaired) electrons. The molecule has 0 spiro atoms. The van der Waals surface area contributed by atoms with Gasteiger partial charge in [-0.25, -0.2) is 0 Å². The van der Waals surface area contributed by atoms with Gasteiger partial charge in [0.05, 0.1) is 18.4 Å². The van der Waals surface area contributed by atoms with Crippen molar-refractivity contribution in [1.82, 2.24) is 4.57 Å². The van der Waals surface area contributed by atoms with Crippen LogP contribution in [0.25, 0.3) is 16.8 Å². The van der Waals surface area contributed by atoms with Crippen molar-refractivity contribution in [3.63, 3.8) is 0 Å². The third-order valence-corrected chi connectivity index (χ3v) is 6.59. The summed E-state index contributed by atoms with van der Waals surface area (Å²) in [6.07, 6.45) is 6.98. The average molecular weight is 492 g/mol. The molecule has 2 N–H and O–H groups in total. The van der Waals surface area contributed by atoms with Crippen LogP contribution in [0.4, 0.5) is 0 Å². The highest BCUT2D eigenvalue weighted by molar-refractivity contribution is 6.11. The van der Waals surface area contributed by atoms with Crippen molar-refractivity contribution in [3.8, 4) is 17.0 Å². The van der Waals surface area contributed by atoms with Gasteiger partial charge in [-0.2, -0.15) is 0 Å². The van der Waals surface area contributed by atoms with Gasteiger partial charge in [-0.1, -0.05) is 48.5 Å². The molecule has 194 valence electrons. The highest BCUT2D eigenvalue weighted by Crippen LogP contribution is 2.45. The fraction of sp³-hybridized carbons (Fsp3) is 0.500. The van der Waals surface area contributed by atoms with E-state index in [2.05, 4.69) is 57.2 Å². The number of fused-ring (bicyclic) bond motifs is 3. The van der Waals surface area contributed by atoms with E-state index < -0.39 is 0 Å². The predicted octanol–water partition coefficient (Wildman–Crippen LogP) is 6.07. The van der Waals surface area contributed by atoms with E-state index in [1.54, 1.807) is 25.6 Å². The molecule has 1 aromatic heterocycles. The highest BCUT2D eigenvalue weighted by atomic mass is 16.5. The van der Waals surface area contributed by atoms with Crippen molar-refractivity contribution in [1.29, 1.82) is 0 Å². The lowest BCUT2D eigenvalue weighted by Crippen LogP contribution is -2.33. The lowest BCUT2D eigenvalue weighted by atomic mass is 9.78. The van der Waals surface area contributed by atoms with Crippen LogP contribution in [-0.4, -0.2) is 30.2 Å². The van der Waals surface area contributed by atoms with Gasteiger partial charge in [-0.05, 0) is 41.4 Å². The number of carbonyl (C=O) groups excluding carboxylic acids is 1. The number of ether oxygens (including phenoxy) is 1. The Morgan fingerprint density at radius 3 is 2.42 bits per heavy atom. The van der Waals surface area contributed by atoms with Crippen LogP contribution in [0.3, 0.4) is 0 Å². The second-order valence-electron chi connectivity index (χ2n) is 12.0. The Morgan fingerprint density at radius 2 is 1.86 bits per heavy atom. The van der Waals surface area contributed by atoms with Gasteiger partial charge in [0.2, 0.25) is 0 Å². The minimum absolute atomic E-state index is 0.0647. The number of nitrogens with two attached hydrogens (primary N) is 1. The summed E-state index contributed by atoms with van der Waals surface area (Å²) >= 11 is 0. The Bertz CT molecular complexity index is 1250. The quantitative estimate of drug-likeness (QED) is 0.376. The number of aromatic nitrogens is 1. The van der Waals surface area contributed by atoms with Crippen LogP contribution in [0.5, 0.6) is 5.75 Å². The monoisotopic (exact) mass is 491 g/mol. The van der Waals surface area contributed by atoms with E-state index in [9.17, 15) is 9.59 Å². The van der Waals surface area contributed by atoms with E-state index in [0.29, 0.717) is 25.1 Å². The number of allylic oxidation sites excluding steroid dienone is 1. The third kappa shape index (κ3) is 5.80. The van der Waals surface area contributed by atoms with Gasteiger partial charge in [0.25, 0.3) is 0 Å². The Hall–Kier alpha value is -3.15. The molecule has 0 fully saturated rings. The average Bonchev–Trinajstić information content (AvgIpc) is 2.79. The fourth-order valence-electron chi connectivity index (χ4n) is 4.67. The van der Waals surface area contributed by atoms with E-state index in [-0.39, 0.29) is 33.6 Å².